The Bertz CT molecular complexity index is 471. The monoisotopic (exact) mass is 228 g/mol. The van der Waals surface area contributed by atoms with Gasteiger partial charge in [-0.2, -0.15) is 0 Å². The molecule has 1 unspecified atom stereocenters. The van der Waals surface area contributed by atoms with Crippen LogP contribution < -0.4 is 5.32 Å². The first-order valence-electron chi connectivity index (χ1n) is 6.06. The van der Waals surface area contributed by atoms with E-state index in [4.69, 9.17) is 0 Å². The van der Waals surface area contributed by atoms with Gasteiger partial charge in [-0.1, -0.05) is 35.5 Å². The van der Waals surface area contributed by atoms with E-state index in [0.717, 1.165) is 25.3 Å². The minimum Gasteiger partial charge on any atom is -0.316 e. The molecule has 1 fully saturated rings. The lowest BCUT2D eigenvalue weighted by molar-refractivity contribution is 0.648. The minimum atomic E-state index is 0.541. The molecule has 0 spiro atoms. The third kappa shape index (κ3) is 2.36. The Morgan fingerprint density at radius 3 is 2.94 bits per heavy atom. The molecule has 0 bridgehead atoms. The lowest BCUT2D eigenvalue weighted by Crippen LogP contribution is -2.08. The standard InChI is InChI=1S/C13H16N4/c1-2-4-11(5-3-1)9-17-10-13(15-16-17)12-6-7-14-8-12/h1-5,10,12,14H,6-9H2. The van der Waals surface area contributed by atoms with Crippen molar-refractivity contribution in [2.45, 2.75) is 18.9 Å². The van der Waals surface area contributed by atoms with Crippen molar-refractivity contribution in [3.05, 3.63) is 47.8 Å². The van der Waals surface area contributed by atoms with Crippen LogP contribution in [0.3, 0.4) is 0 Å². The van der Waals surface area contributed by atoms with E-state index in [1.807, 2.05) is 22.9 Å². The maximum absolute atomic E-state index is 4.27. The smallest absolute Gasteiger partial charge is 0.0871 e. The topological polar surface area (TPSA) is 42.7 Å². The third-order valence-electron chi connectivity index (χ3n) is 3.22. The molecule has 1 atom stereocenters. The van der Waals surface area contributed by atoms with Gasteiger partial charge in [-0.3, -0.25) is 0 Å². The fourth-order valence-corrected chi connectivity index (χ4v) is 2.26. The van der Waals surface area contributed by atoms with Crippen LogP contribution in [0.25, 0.3) is 0 Å². The maximum atomic E-state index is 4.27. The highest BCUT2D eigenvalue weighted by atomic mass is 15.4. The molecular formula is C13H16N4. The van der Waals surface area contributed by atoms with Gasteiger partial charge < -0.3 is 5.32 Å². The van der Waals surface area contributed by atoms with E-state index in [9.17, 15) is 0 Å². The van der Waals surface area contributed by atoms with Crippen molar-refractivity contribution in [3.63, 3.8) is 0 Å². The van der Waals surface area contributed by atoms with Crippen LogP contribution in [0, 0.1) is 0 Å². The zero-order chi connectivity index (χ0) is 11.5. The molecule has 1 aliphatic heterocycles. The molecule has 2 aromatic rings. The fourth-order valence-electron chi connectivity index (χ4n) is 2.26. The molecule has 17 heavy (non-hydrogen) atoms. The zero-order valence-corrected chi connectivity index (χ0v) is 9.71. The van der Waals surface area contributed by atoms with Crippen LogP contribution >= 0.6 is 0 Å². The quantitative estimate of drug-likeness (QED) is 0.863. The maximum Gasteiger partial charge on any atom is 0.0871 e. The Morgan fingerprint density at radius 2 is 2.18 bits per heavy atom. The van der Waals surface area contributed by atoms with Gasteiger partial charge in [0.25, 0.3) is 0 Å². The lowest BCUT2D eigenvalue weighted by atomic mass is 10.1. The lowest BCUT2D eigenvalue weighted by Gasteiger charge is -2.02. The normalized spacial score (nSPS) is 19.6. The van der Waals surface area contributed by atoms with Crippen LogP contribution in [0.2, 0.25) is 0 Å². The molecule has 0 aliphatic carbocycles. The second-order valence-electron chi connectivity index (χ2n) is 4.52. The molecule has 2 heterocycles. The highest BCUT2D eigenvalue weighted by Gasteiger charge is 2.19. The highest BCUT2D eigenvalue weighted by Crippen LogP contribution is 2.19. The Hall–Kier alpha value is -1.68. The molecule has 0 amide bonds. The number of nitrogens with zero attached hydrogens (tertiary/aromatic N) is 3. The van der Waals surface area contributed by atoms with Crippen LogP contribution in [-0.2, 0) is 6.54 Å². The summed E-state index contributed by atoms with van der Waals surface area (Å²) in [6.07, 6.45) is 3.24. The highest BCUT2D eigenvalue weighted by molar-refractivity contribution is 5.15. The molecule has 1 saturated heterocycles. The molecule has 4 heteroatoms. The Balaban J connectivity index is 1.72. The summed E-state index contributed by atoms with van der Waals surface area (Å²) in [7, 11) is 0. The molecule has 1 aliphatic rings. The van der Waals surface area contributed by atoms with Crippen molar-refractivity contribution in [1.29, 1.82) is 0 Å². The van der Waals surface area contributed by atoms with Crippen LogP contribution in [-0.4, -0.2) is 28.1 Å². The van der Waals surface area contributed by atoms with Crippen molar-refractivity contribution in [2.24, 2.45) is 0 Å². The zero-order valence-electron chi connectivity index (χ0n) is 9.71. The first kappa shape index (κ1) is 10.5. The van der Waals surface area contributed by atoms with Gasteiger partial charge in [0.1, 0.15) is 0 Å². The Kier molecular flexibility index (Phi) is 2.88. The van der Waals surface area contributed by atoms with Crippen LogP contribution in [0.15, 0.2) is 36.5 Å². The van der Waals surface area contributed by atoms with E-state index < -0.39 is 0 Å². The number of hydrogen-bond donors (Lipinski definition) is 1. The molecule has 4 nitrogen and oxygen atoms in total. The van der Waals surface area contributed by atoms with Crippen molar-refractivity contribution in [1.82, 2.24) is 20.3 Å². The van der Waals surface area contributed by atoms with Crippen molar-refractivity contribution in [2.75, 3.05) is 13.1 Å². The second kappa shape index (κ2) is 4.67. The first-order valence-corrected chi connectivity index (χ1v) is 6.06. The van der Waals surface area contributed by atoms with Gasteiger partial charge in [0.05, 0.1) is 12.2 Å². The van der Waals surface area contributed by atoms with E-state index in [0.29, 0.717) is 5.92 Å². The van der Waals surface area contributed by atoms with E-state index in [2.05, 4.69) is 34.0 Å². The fraction of sp³-hybridized carbons (Fsp3) is 0.385. The van der Waals surface area contributed by atoms with Gasteiger partial charge in [-0.05, 0) is 18.5 Å². The SMILES string of the molecule is c1ccc(Cn2cc(C3CCNC3)nn2)cc1. The van der Waals surface area contributed by atoms with E-state index in [1.165, 1.54) is 12.0 Å². The minimum absolute atomic E-state index is 0.541. The van der Waals surface area contributed by atoms with E-state index in [-0.39, 0.29) is 0 Å². The van der Waals surface area contributed by atoms with Crippen molar-refractivity contribution >= 4 is 0 Å². The summed E-state index contributed by atoms with van der Waals surface area (Å²) in [5, 5.41) is 11.8. The largest absolute Gasteiger partial charge is 0.316 e. The number of benzene rings is 1. The predicted octanol–water partition coefficient (Wildman–Crippen LogP) is 1.40. The summed E-state index contributed by atoms with van der Waals surface area (Å²) in [6, 6.07) is 10.3. The number of rotatable bonds is 3. The van der Waals surface area contributed by atoms with Gasteiger partial charge in [0.15, 0.2) is 0 Å². The molecule has 0 saturated carbocycles. The predicted molar refractivity (Wildman–Crippen MR) is 65.8 cm³/mol. The average Bonchev–Trinajstić information content (AvgIpc) is 3.00. The summed E-state index contributed by atoms with van der Waals surface area (Å²) in [5.74, 6) is 0.541. The van der Waals surface area contributed by atoms with E-state index >= 15 is 0 Å². The molecule has 3 rings (SSSR count). The first-order chi connectivity index (χ1) is 8.42. The molecule has 1 N–H and O–H groups in total. The van der Waals surface area contributed by atoms with Gasteiger partial charge >= 0.3 is 0 Å². The Morgan fingerprint density at radius 1 is 1.29 bits per heavy atom. The number of nitrogens with one attached hydrogen (secondary N) is 1. The summed E-state index contributed by atoms with van der Waals surface area (Å²) < 4.78 is 1.92. The number of hydrogen-bond acceptors (Lipinski definition) is 3. The van der Waals surface area contributed by atoms with Crippen LogP contribution in [0.5, 0.6) is 0 Å². The van der Waals surface area contributed by atoms with Gasteiger partial charge in [0.2, 0.25) is 0 Å². The summed E-state index contributed by atoms with van der Waals surface area (Å²) in [4.78, 5) is 0. The second-order valence-corrected chi connectivity index (χ2v) is 4.52. The average molecular weight is 228 g/mol. The molecule has 1 aromatic carbocycles. The van der Waals surface area contributed by atoms with Crippen LogP contribution in [0.1, 0.15) is 23.6 Å². The molecule has 88 valence electrons. The summed E-state index contributed by atoms with van der Waals surface area (Å²) in [5.41, 5.74) is 2.37. The molecule has 1 aromatic heterocycles. The van der Waals surface area contributed by atoms with Crippen molar-refractivity contribution < 1.29 is 0 Å². The van der Waals surface area contributed by atoms with Gasteiger partial charge in [0, 0.05) is 18.7 Å². The summed E-state index contributed by atoms with van der Waals surface area (Å²) >= 11 is 0. The third-order valence-corrected chi connectivity index (χ3v) is 3.22. The molecule has 0 radical (unpaired) electrons. The Labute approximate surface area is 101 Å². The van der Waals surface area contributed by atoms with Crippen LogP contribution in [0.4, 0.5) is 0 Å². The number of aromatic nitrogens is 3. The van der Waals surface area contributed by atoms with E-state index in [1.54, 1.807) is 0 Å². The van der Waals surface area contributed by atoms with Crippen molar-refractivity contribution in [3.8, 4) is 0 Å². The summed E-state index contributed by atoms with van der Waals surface area (Å²) in [6.45, 7) is 2.92. The van der Waals surface area contributed by atoms with Gasteiger partial charge in [-0.15, -0.1) is 5.10 Å². The molecular weight excluding hydrogens is 212 g/mol. The van der Waals surface area contributed by atoms with Gasteiger partial charge in [-0.25, -0.2) is 4.68 Å².